The Morgan fingerprint density at radius 1 is 1.22 bits per heavy atom. The summed E-state index contributed by atoms with van der Waals surface area (Å²) in [5, 5.41) is 11.9. The molecule has 1 spiro atoms. The van der Waals surface area contributed by atoms with Crippen molar-refractivity contribution in [2.75, 3.05) is 19.7 Å². The molecule has 2 aliphatic rings. The van der Waals surface area contributed by atoms with E-state index in [1.807, 2.05) is 26.0 Å². The number of aryl methyl sites for hydroxylation is 2. The fourth-order valence-corrected chi connectivity index (χ4v) is 4.94. The van der Waals surface area contributed by atoms with E-state index < -0.39 is 5.92 Å². The lowest BCUT2D eigenvalue weighted by atomic mass is 9.62. The van der Waals surface area contributed by atoms with Gasteiger partial charge in [-0.3, -0.25) is 14.4 Å². The summed E-state index contributed by atoms with van der Waals surface area (Å²) in [6, 6.07) is 5.65. The summed E-state index contributed by atoms with van der Waals surface area (Å²) in [4.78, 5) is 44.9. The normalized spacial score (nSPS) is 18.4. The van der Waals surface area contributed by atoms with E-state index in [1.165, 1.54) is 0 Å². The topological polar surface area (TPSA) is 99.8 Å². The minimum atomic E-state index is -0.715. The number of likely N-dealkylation sites (tertiary alicyclic amines) is 1. The van der Waals surface area contributed by atoms with Crippen LogP contribution >= 0.6 is 0 Å². The van der Waals surface area contributed by atoms with Gasteiger partial charge in [0.15, 0.2) is 0 Å². The summed E-state index contributed by atoms with van der Waals surface area (Å²) in [6.45, 7) is 6.33. The molecule has 0 atom stereocenters. The predicted molar refractivity (Wildman–Crippen MR) is 119 cm³/mol. The zero-order valence-electron chi connectivity index (χ0n) is 18.7. The number of carbonyl (C=O) groups excluding carboxylic acids is 3. The van der Waals surface area contributed by atoms with E-state index in [0.29, 0.717) is 38.8 Å². The molecule has 1 aromatic carbocycles. The van der Waals surface area contributed by atoms with Crippen LogP contribution in [0.3, 0.4) is 0 Å². The number of hydrogen-bond acceptors (Lipinski definition) is 6. The Kier molecular flexibility index (Phi) is 7.10. The Hall–Kier alpha value is -3.45. The Labute approximate surface area is 188 Å². The van der Waals surface area contributed by atoms with Crippen LogP contribution in [-0.4, -0.2) is 48.3 Å². The number of nitrogens with zero attached hydrogens (tertiary/aromatic N) is 3. The highest BCUT2D eigenvalue weighted by Gasteiger charge is 2.47. The number of nitriles is 1. The first kappa shape index (κ1) is 23.2. The maximum atomic E-state index is 13.2. The third kappa shape index (κ3) is 4.89. The van der Waals surface area contributed by atoms with Crippen LogP contribution in [0, 0.1) is 42.4 Å². The van der Waals surface area contributed by atoms with Gasteiger partial charge in [0.2, 0.25) is 6.61 Å². The number of oxime groups is 1. The maximum Gasteiger partial charge on any atom is 0.268 e. The second kappa shape index (κ2) is 9.78. The average Bonchev–Trinajstić information content (AvgIpc) is 2.73. The second-order valence-electron chi connectivity index (χ2n) is 8.61. The third-order valence-electron chi connectivity index (χ3n) is 6.40. The van der Waals surface area contributed by atoms with Crippen LogP contribution in [0.15, 0.2) is 17.3 Å². The molecule has 0 unspecified atom stereocenters. The number of carbonyl (C=O) groups is 3. The van der Waals surface area contributed by atoms with Crippen molar-refractivity contribution < 1.29 is 19.2 Å². The molecule has 0 radical (unpaired) electrons. The van der Waals surface area contributed by atoms with E-state index in [-0.39, 0.29) is 29.5 Å². The molecule has 1 aromatic rings. The minimum absolute atomic E-state index is 0.0342. The summed E-state index contributed by atoms with van der Waals surface area (Å²) in [5.74, 6) is 4.84. The molecule has 32 heavy (non-hydrogen) atoms. The fourth-order valence-electron chi connectivity index (χ4n) is 4.94. The molecule has 3 rings (SSSR count). The summed E-state index contributed by atoms with van der Waals surface area (Å²) in [6.07, 6.45) is 2.94. The lowest BCUT2D eigenvalue weighted by Gasteiger charge is -2.44. The largest absolute Gasteiger partial charge is 0.380 e. The van der Waals surface area contributed by atoms with Crippen molar-refractivity contribution in [3.63, 3.8) is 0 Å². The molecule has 1 aliphatic carbocycles. The van der Waals surface area contributed by atoms with Gasteiger partial charge in [-0.2, -0.15) is 5.26 Å². The summed E-state index contributed by atoms with van der Waals surface area (Å²) in [5.41, 5.74) is 3.16. The van der Waals surface area contributed by atoms with Crippen LogP contribution in [0.2, 0.25) is 0 Å². The first-order valence-corrected chi connectivity index (χ1v) is 10.7. The highest BCUT2D eigenvalue weighted by molar-refractivity contribution is 6.26. The molecule has 1 aliphatic heterocycles. The van der Waals surface area contributed by atoms with Crippen molar-refractivity contribution in [1.29, 1.82) is 5.26 Å². The number of rotatable bonds is 4. The van der Waals surface area contributed by atoms with Crippen LogP contribution in [-0.2, 0) is 19.2 Å². The molecule has 1 saturated carbocycles. The van der Waals surface area contributed by atoms with Crippen molar-refractivity contribution in [2.24, 2.45) is 10.6 Å². The third-order valence-corrected chi connectivity index (χ3v) is 6.40. The molecule has 1 heterocycles. The number of piperidine rings is 1. The van der Waals surface area contributed by atoms with Crippen molar-refractivity contribution in [3.8, 4) is 17.9 Å². The van der Waals surface area contributed by atoms with Gasteiger partial charge in [-0.05, 0) is 67.9 Å². The van der Waals surface area contributed by atoms with E-state index >= 15 is 0 Å². The molecule has 7 nitrogen and oxygen atoms in total. The lowest BCUT2D eigenvalue weighted by Crippen LogP contribution is -2.48. The second-order valence-corrected chi connectivity index (χ2v) is 8.61. The fraction of sp³-hybridized carbons (Fsp3) is 0.480. The van der Waals surface area contributed by atoms with E-state index in [9.17, 15) is 14.4 Å². The van der Waals surface area contributed by atoms with Crippen LogP contribution in [0.4, 0.5) is 0 Å². The summed E-state index contributed by atoms with van der Waals surface area (Å²) in [7, 11) is 0. The molecular formula is C25H27N3O4. The summed E-state index contributed by atoms with van der Waals surface area (Å²) < 4.78 is 0. The van der Waals surface area contributed by atoms with Gasteiger partial charge in [0.1, 0.15) is 29.8 Å². The maximum absolute atomic E-state index is 13.2. The Bertz CT molecular complexity index is 1020. The molecule has 7 heteroatoms. The number of amides is 1. The quantitative estimate of drug-likeness (QED) is 0.239. The molecule has 1 amide bonds. The molecular weight excluding hydrogens is 406 g/mol. The van der Waals surface area contributed by atoms with Gasteiger partial charge in [-0.15, -0.1) is 5.92 Å². The number of ketones is 2. The molecule has 0 bridgehead atoms. The Balaban J connectivity index is 1.70. The van der Waals surface area contributed by atoms with Crippen LogP contribution < -0.4 is 0 Å². The van der Waals surface area contributed by atoms with Gasteiger partial charge in [0, 0.05) is 31.5 Å². The van der Waals surface area contributed by atoms with Crippen LogP contribution in [0.25, 0.3) is 0 Å². The van der Waals surface area contributed by atoms with Gasteiger partial charge in [0.25, 0.3) is 5.91 Å². The summed E-state index contributed by atoms with van der Waals surface area (Å²) >= 11 is 0. The zero-order valence-corrected chi connectivity index (χ0v) is 18.7. The Morgan fingerprint density at radius 3 is 2.34 bits per heavy atom. The average molecular weight is 434 g/mol. The van der Waals surface area contributed by atoms with Gasteiger partial charge in [0.05, 0.1) is 0 Å². The molecule has 0 aromatic heterocycles. The minimum Gasteiger partial charge on any atom is -0.380 e. The predicted octanol–water partition coefficient (Wildman–Crippen LogP) is 2.83. The molecule has 0 N–H and O–H groups in total. The highest BCUT2D eigenvalue weighted by Crippen LogP contribution is 2.46. The number of Topliss-reactive ketones (excluding diaryl/α,β-unsaturated/α-hetero) is 2. The van der Waals surface area contributed by atoms with E-state index in [1.54, 1.807) is 17.9 Å². The number of benzene rings is 1. The monoisotopic (exact) mass is 433 g/mol. The smallest absolute Gasteiger partial charge is 0.268 e. The van der Waals surface area contributed by atoms with Crippen LogP contribution in [0.5, 0.6) is 0 Å². The molecule has 2 fully saturated rings. The van der Waals surface area contributed by atoms with Crippen molar-refractivity contribution in [1.82, 2.24) is 4.90 Å². The van der Waals surface area contributed by atoms with Crippen LogP contribution in [0.1, 0.15) is 60.8 Å². The van der Waals surface area contributed by atoms with Gasteiger partial charge >= 0.3 is 0 Å². The van der Waals surface area contributed by atoms with E-state index in [0.717, 1.165) is 28.5 Å². The zero-order chi connectivity index (χ0) is 23.3. The Morgan fingerprint density at radius 2 is 1.81 bits per heavy atom. The first-order valence-electron chi connectivity index (χ1n) is 10.7. The van der Waals surface area contributed by atoms with Crippen molar-refractivity contribution in [2.45, 2.75) is 52.4 Å². The highest BCUT2D eigenvalue weighted by atomic mass is 16.6. The molecule has 166 valence electrons. The lowest BCUT2D eigenvalue weighted by molar-refractivity contribution is -0.139. The van der Waals surface area contributed by atoms with Gasteiger partial charge in [-0.25, -0.2) is 0 Å². The van der Waals surface area contributed by atoms with Crippen molar-refractivity contribution in [3.05, 3.63) is 34.4 Å². The standard InChI is InChI=1S/C25H27N3O4/c1-4-5-19-12-17(2)23(18(3)13-19)24-20(29)14-25(15-21(24)30)6-9-28(10-7-25)22(31)16-27-32-11-8-26/h12-13,16,24H,6-7,9-11,14-15H2,1-3H3/b27-16+. The van der Waals surface area contributed by atoms with E-state index in [4.69, 9.17) is 5.26 Å². The molecule has 1 saturated heterocycles. The van der Waals surface area contributed by atoms with Crippen molar-refractivity contribution >= 4 is 23.7 Å². The van der Waals surface area contributed by atoms with Gasteiger partial charge in [-0.1, -0.05) is 11.1 Å². The van der Waals surface area contributed by atoms with E-state index in [2.05, 4.69) is 21.8 Å². The number of hydrogen-bond donors (Lipinski definition) is 0. The SMILES string of the molecule is CC#Cc1cc(C)c(C2C(=O)CC3(CCN(C(=O)/C=N/OCC#N)CC3)CC2=O)c(C)c1. The first-order chi connectivity index (χ1) is 15.3. The van der Waals surface area contributed by atoms with Gasteiger partial charge < -0.3 is 9.74 Å².